The fraction of sp³-hybridized carbons (Fsp3) is 0.600. The summed E-state index contributed by atoms with van der Waals surface area (Å²) in [5.41, 5.74) is 1.77. The highest BCUT2D eigenvalue weighted by molar-refractivity contribution is 5.23. The lowest BCUT2D eigenvalue weighted by molar-refractivity contribution is 0.300. The highest BCUT2D eigenvalue weighted by atomic mass is 19.1. The standard InChI is InChI=1S/C15H22FN/c1-11-4-3-5-14(8-11)17-10-13-7-6-12(2)15(16)9-13/h6-7,9,11,14,17H,3-5,8,10H2,1-2H3. The first-order chi connectivity index (χ1) is 8.15. The van der Waals surface area contributed by atoms with Gasteiger partial charge in [-0.3, -0.25) is 0 Å². The maximum absolute atomic E-state index is 13.4. The molecule has 0 aromatic heterocycles. The second kappa shape index (κ2) is 5.63. The van der Waals surface area contributed by atoms with E-state index in [9.17, 15) is 4.39 Å². The van der Waals surface area contributed by atoms with E-state index in [1.165, 1.54) is 25.7 Å². The van der Waals surface area contributed by atoms with Crippen LogP contribution in [0.4, 0.5) is 4.39 Å². The average molecular weight is 235 g/mol. The van der Waals surface area contributed by atoms with Crippen LogP contribution in [0, 0.1) is 18.7 Å². The van der Waals surface area contributed by atoms with Gasteiger partial charge in [0.1, 0.15) is 5.82 Å². The Morgan fingerprint density at radius 1 is 1.35 bits per heavy atom. The third kappa shape index (κ3) is 3.53. The van der Waals surface area contributed by atoms with Crippen molar-refractivity contribution in [2.24, 2.45) is 5.92 Å². The number of aryl methyl sites for hydroxylation is 1. The third-order valence-corrected chi connectivity index (χ3v) is 3.77. The molecule has 2 heteroatoms. The number of nitrogens with one attached hydrogen (secondary N) is 1. The highest BCUT2D eigenvalue weighted by Gasteiger charge is 2.17. The van der Waals surface area contributed by atoms with E-state index >= 15 is 0 Å². The molecule has 0 spiro atoms. The monoisotopic (exact) mass is 235 g/mol. The summed E-state index contributed by atoms with van der Waals surface area (Å²) in [7, 11) is 0. The summed E-state index contributed by atoms with van der Waals surface area (Å²) in [5.74, 6) is 0.734. The van der Waals surface area contributed by atoms with E-state index < -0.39 is 0 Å². The van der Waals surface area contributed by atoms with E-state index in [1.54, 1.807) is 13.0 Å². The minimum absolute atomic E-state index is 0.0960. The van der Waals surface area contributed by atoms with E-state index in [4.69, 9.17) is 0 Å². The number of rotatable bonds is 3. The Balaban J connectivity index is 1.86. The number of hydrogen-bond acceptors (Lipinski definition) is 1. The van der Waals surface area contributed by atoms with Crippen LogP contribution in [0.2, 0.25) is 0 Å². The Bertz CT molecular complexity index is 375. The zero-order chi connectivity index (χ0) is 12.3. The second-order valence-electron chi connectivity index (χ2n) is 5.43. The molecule has 1 aromatic carbocycles. The van der Waals surface area contributed by atoms with E-state index in [0.717, 1.165) is 23.6 Å². The van der Waals surface area contributed by atoms with Gasteiger partial charge in [-0.05, 0) is 42.9 Å². The summed E-state index contributed by atoms with van der Waals surface area (Å²) in [5, 5.41) is 3.55. The molecule has 1 aliphatic rings. The molecule has 0 amide bonds. The van der Waals surface area contributed by atoms with Gasteiger partial charge in [-0.15, -0.1) is 0 Å². The molecule has 0 aliphatic heterocycles. The summed E-state index contributed by atoms with van der Waals surface area (Å²) in [4.78, 5) is 0. The molecule has 0 saturated heterocycles. The number of hydrogen-bond donors (Lipinski definition) is 1. The summed E-state index contributed by atoms with van der Waals surface area (Å²) < 4.78 is 13.4. The second-order valence-corrected chi connectivity index (χ2v) is 5.43. The highest BCUT2D eigenvalue weighted by Crippen LogP contribution is 2.23. The van der Waals surface area contributed by atoms with Crippen LogP contribution in [0.1, 0.15) is 43.7 Å². The first-order valence-corrected chi connectivity index (χ1v) is 6.63. The topological polar surface area (TPSA) is 12.0 Å². The molecule has 1 N–H and O–H groups in total. The van der Waals surface area contributed by atoms with Crippen molar-refractivity contribution in [3.63, 3.8) is 0 Å². The molecule has 0 radical (unpaired) electrons. The molecule has 1 fully saturated rings. The first-order valence-electron chi connectivity index (χ1n) is 6.63. The lowest BCUT2D eigenvalue weighted by Crippen LogP contribution is -2.33. The minimum Gasteiger partial charge on any atom is -0.310 e. The molecule has 2 unspecified atom stereocenters. The van der Waals surface area contributed by atoms with E-state index in [1.807, 2.05) is 12.1 Å². The predicted octanol–water partition coefficient (Wildman–Crippen LogP) is 3.80. The number of benzene rings is 1. The molecule has 94 valence electrons. The molecule has 2 atom stereocenters. The Morgan fingerprint density at radius 2 is 2.18 bits per heavy atom. The van der Waals surface area contributed by atoms with Gasteiger partial charge >= 0.3 is 0 Å². The molecular weight excluding hydrogens is 213 g/mol. The Kier molecular flexibility index (Phi) is 4.16. The normalized spacial score (nSPS) is 24.9. The van der Waals surface area contributed by atoms with Crippen molar-refractivity contribution in [2.75, 3.05) is 0 Å². The minimum atomic E-state index is -0.0960. The molecule has 1 aliphatic carbocycles. The van der Waals surface area contributed by atoms with Crippen molar-refractivity contribution in [1.82, 2.24) is 5.32 Å². The van der Waals surface area contributed by atoms with Crippen LogP contribution in [0.25, 0.3) is 0 Å². The van der Waals surface area contributed by atoms with Crippen molar-refractivity contribution in [2.45, 2.75) is 52.1 Å². The molecule has 2 rings (SSSR count). The lowest BCUT2D eigenvalue weighted by atomic mass is 9.87. The first kappa shape index (κ1) is 12.6. The van der Waals surface area contributed by atoms with Gasteiger partial charge in [0, 0.05) is 12.6 Å². The average Bonchev–Trinajstić information content (AvgIpc) is 2.31. The summed E-state index contributed by atoms with van der Waals surface area (Å²) >= 11 is 0. The van der Waals surface area contributed by atoms with Crippen molar-refractivity contribution >= 4 is 0 Å². The van der Waals surface area contributed by atoms with Crippen LogP contribution in [-0.2, 0) is 6.54 Å². The van der Waals surface area contributed by atoms with Gasteiger partial charge in [0.15, 0.2) is 0 Å². The van der Waals surface area contributed by atoms with Crippen molar-refractivity contribution < 1.29 is 4.39 Å². The molecule has 1 nitrogen and oxygen atoms in total. The lowest BCUT2D eigenvalue weighted by Gasteiger charge is -2.27. The smallest absolute Gasteiger partial charge is 0.126 e. The summed E-state index contributed by atoms with van der Waals surface area (Å²) in [6, 6.07) is 6.13. The molecule has 0 heterocycles. The molecular formula is C15H22FN. The fourth-order valence-electron chi connectivity index (χ4n) is 2.63. The van der Waals surface area contributed by atoms with Crippen LogP contribution in [0.5, 0.6) is 0 Å². The third-order valence-electron chi connectivity index (χ3n) is 3.77. The Hall–Kier alpha value is -0.890. The quantitative estimate of drug-likeness (QED) is 0.840. The van der Waals surface area contributed by atoms with Crippen LogP contribution in [0.3, 0.4) is 0 Å². The van der Waals surface area contributed by atoms with Crippen molar-refractivity contribution in [1.29, 1.82) is 0 Å². The zero-order valence-corrected chi connectivity index (χ0v) is 10.8. The Labute approximate surface area is 103 Å². The van der Waals surface area contributed by atoms with E-state index in [-0.39, 0.29) is 5.82 Å². The molecule has 17 heavy (non-hydrogen) atoms. The molecule has 0 bridgehead atoms. The van der Waals surface area contributed by atoms with Gasteiger partial charge in [-0.25, -0.2) is 4.39 Å². The van der Waals surface area contributed by atoms with E-state index in [2.05, 4.69) is 12.2 Å². The largest absolute Gasteiger partial charge is 0.310 e. The zero-order valence-electron chi connectivity index (χ0n) is 10.8. The van der Waals surface area contributed by atoms with E-state index in [0.29, 0.717) is 6.04 Å². The van der Waals surface area contributed by atoms with Crippen LogP contribution >= 0.6 is 0 Å². The van der Waals surface area contributed by atoms with Crippen LogP contribution < -0.4 is 5.32 Å². The van der Waals surface area contributed by atoms with Crippen LogP contribution in [-0.4, -0.2) is 6.04 Å². The van der Waals surface area contributed by atoms with Gasteiger partial charge in [-0.1, -0.05) is 31.9 Å². The fourth-order valence-corrected chi connectivity index (χ4v) is 2.63. The SMILES string of the molecule is Cc1ccc(CNC2CCCC(C)C2)cc1F. The van der Waals surface area contributed by atoms with Crippen molar-refractivity contribution in [3.05, 3.63) is 35.1 Å². The van der Waals surface area contributed by atoms with Gasteiger partial charge in [0.2, 0.25) is 0 Å². The Morgan fingerprint density at radius 3 is 2.88 bits per heavy atom. The maximum atomic E-state index is 13.4. The molecule has 1 saturated carbocycles. The molecule has 1 aromatic rings. The van der Waals surface area contributed by atoms with Gasteiger partial charge < -0.3 is 5.32 Å². The van der Waals surface area contributed by atoms with Gasteiger partial charge in [0.25, 0.3) is 0 Å². The van der Waals surface area contributed by atoms with Gasteiger partial charge in [0.05, 0.1) is 0 Å². The van der Waals surface area contributed by atoms with Gasteiger partial charge in [-0.2, -0.15) is 0 Å². The summed E-state index contributed by atoms with van der Waals surface area (Å²) in [6.45, 7) is 4.91. The van der Waals surface area contributed by atoms with Crippen LogP contribution in [0.15, 0.2) is 18.2 Å². The summed E-state index contributed by atoms with van der Waals surface area (Å²) in [6.07, 6.45) is 5.20. The maximum Gasteiger partial charge on any atom is 0.126 e. The van der Waals surface area contributed by atoms with Crippen molar-refractivity contribution in [3.8, 4) is 0 Å². The number of halogens is 1. The predicted molar refractivity (Wildman–Crippen MR) is 69.4 cm³/mol.